The van der Waals surface area contributed by atoms with Crippen molar-refractivity contribution in [3.63, 3.8) is 0 Å². The van der Waals surface area contributed by atoms with Crippen LogP contribution < -0.4 is 0 Å². The fourth-order valence-electron chi connectivity index (χ4n) is 3.60. The third-order valence-corrected chi connectivity index (χ3v) is 4.89. The van der Waals surface area contributed by atoms with Crippen LogP contribution in [0, 0.1) is 0 Å². The molecule has 0 radical (unpaired) electrons. The van der Waals surface area contributed by atoms with E-state index in [9.17, 15) is 4.79 Å². The van der Waals surface area contributed by atoms with Gasteiger partial charge in [0.05, 0.1) is 24.5 Å². The van der Waals surface area contributed by atoms with Gasteiger partial charge in [0, 0.05) is 25.6 Å². The second kappa shape index (κ2) is 6.19. The van der Waals surface area contributed by atoms with Crippen molar-refractivity contribution in [3.8, 4) is 0 Å². The lowest BCUT2D eigenvalue weighted by Gasteiger charge is -2.30. The molecule has 0 bridgehead atoms. The zero-order valence-electron chi connectivity index (χ0n) is 13.2. The monoisotopic (exact) mass is 318 g/mol. The molecule has 4 rings (SSSR count). The van der Waals surface area contributed by atoms with Gasteiger partial charge in [-0.05, 0) is 31.3 Å². The molecule has 1 aromatic heterocycles. The fraction of sp³-hybridized carbons (Fsp3) is 0.647. The Morgan fingerprint density at radius 1 is 1.26 bits per heavy atom. The van der Waals surface area contributed by atoms with Crippen LogP contribution in [0.1, 0.15) is 60.8 Å². The van der Waals surface area contributed by atoms with Crippen molar-refractivity contribution in [2.24, 2.45) is 0 Å². The summed E-state index contributed by atoms with van der Waals surface area (Å²) < 4.78 is 19.1. The van der Waals surface area contributed by atoms with Crippen LogP contribution in [0.3, 0.4) is 0 Å². The highest BCUT2D eigenvalue weighted by Gasteiger charge is 2.38. The van der Waals surface area contributed by atoms with Gasteiger partial charge in [0.25, 0.3) is 0 Å². The molecule has 2 fully saturated rings. The van der Waals surface area contributed by atoms with Gasteiger partial charge in [0.2, 0.25) is 0 Å². The standard InChI is InChI=1S/C17H22N2O4/c20-12-14-11-19(15-3-1-2-8-21-15)18-16(14)13-4-6-17(7-5-13)22-9-10-23-17/h4,11-12,15H,1-3,5-10H2/t15-/m1/s1. The molecule has 0 aromatic carbocycles. The van der Waals surface area contributed by atoms with E-state index < -0.39 is 5.79 Å². The van der Waals surface area contributed by atoms with E-state index in [1.807, 2.05) is 10.9 Å². The number of carbonyl (C=O) groups is 1. The summed E-state index contributed by atoms with van der Waals surface area (Å²) in [5, 5.41) is 4.65. The maximum Gasteiger partial charge on any atom is 0.172 e. The molecule has 0 saturated carbocycles. The van der Waals surface area contributed by atoms with E-state index >= 15 is 0 Å². The third kappa shape index (κ3) is 2.86. The molecule has 23 heavy (non-hydrogen) atoms. The lowest BCUT2D eigenvalue weighted by Crippen LogP contribution is -2.31. The average Bonchev–Trinajstić information content (AvgIpc) is 3.24. The molecule has 1 atom stereocenters. The Morgan fingerprint density at radius 2 is 2.13 bits per heavy atom. The van der Waals surface area contributed by atoms with Crippen LogP contribution >= 0.6 is 0 Å². The molecule has 1 aliphatic carbocycles. The maximum absolute atomic E-state index is 11.4. The number of hydrogen-bond acceptors (Lipinski definition) is 5. The van der Waals surface area contributed by atoms with Gasteiger partial charge in [-0.25, -0.2) is 4.68 Å². The Labute approximate surface area is 135 Å². The van der Waals surface area contributed by atoms with Crippen molar-refractivity contribution in [1.29, 1.82) is 0 Å². The predicted octanol–water partition coefficient (Wildman–Crippen LogP) is 2.71. The quantitative estimate of drug-likeness (QED) is 0.802. The first-order chi connectivity index (χ1) is 11.3. The van der Waals surface area contributed by atoms with Crippen LogP contribution in [0.2, 0.25) is 0 Å². The lowest BCUT2D eigenvalue weighted by molar-refractivity contribution is -0.159. The normalized spacial score (nSPS) is 27.1. The molecule has 0 unspecified atom stereocenters. The Bertz CT molecular complexity index is 610. The first-order valence-corrected chi connectivity index (χ1v) is 8.43. The first kappa shape index (κ1) is 15.1. The van der Waals surface area contributed by atoms with Crippen LogP contribution in [-0.2, 0) is 14.2 Å². The van der Waals surface area contributed by atoms with E-state index in [1.165, 1.54) is 0 Å². The van der Waals surface area contributed by atoms with Crippen LogP contribution in [0.25, 0.3) is 5.57 Å². The van der Waals surface area contributed by atoms with Crippen molar-refractivity contribution in [3.05, 3.63) is 23.5 Å². The molecule has 2 aliphatic heterocycles. The molecule has 2 saturated heterocycles. The van der Waals surface area contributed by atoms with Gasteiger partial charge >= 0.3 is 0 Å². The van der Waals surface area contributed by atoms with Gasteiger partial charge in [0.1, 0.15) is 6.23 Å². The number of hydrogen-bond donors (Lipinski definition) is 0. The number of carbonyl (C=O) groups excluding carboxylic acids is 1. The molecule has 6 heteroatoms. The summed E-state index contributed by atoms with van der Waals surface area (Å²) in [7, 11) is 0. The number of allylic oxidation sites excluding steroid dienone is 1. The second-order valence-electron chi connectivity index (χ2n) is 6.39. The molecule has 3 heterocycles. The van der Waals surface area contributed by atoms with Crippen molar-refractivity contribution < 1.29 is 19.0 Å². The van der Waals surface area contributed by atoms with Crippen LogP contribution in [0.4, 0.5) is 0 Å². The Balaban J connectivity index is 1.57. The SMILES string of the molecule is O=Cc1cn([C@H]2CCCCO2)nc1C1=CCC2(CC1)OCCO2. The van der Waals surface area contributed by atoms with Gasteiger partial charge in [-0.3, -0.25) is 4.79 Å². The minimum atomic E-state index is -0.445. The van der Waals surface area contributed by atoms with Gasteiger partial charge < -0.3 is 14.2 Å². The van der Waals surface area contributed by atoms with Gasteiger partial charge in [-0.2, -0.15) is 5.10 Å². The smallest absolute Gasteiger partial charge is 0.172 e. The maximum atomic E-state index is 11.4. The Kier molecular flexibility index (Phi) is 4.05. The summed E-state index contributed by atoms with van der Waals surface area (Å²) in [6.07, 6.45) is 10.3. The molecule has 6 nitrogen and oxygen atoms in total. The Morgan fingerprint density at radius 3 is 2.78 bits per heavy atom. The molecular weight excluding hydrogens is 296 g/mol. The summed E-state index contributed by atoms with van der Waals surface area (Å²) in [5.74, 6) is -0.445. The lowest BCUT2D eigenvalue weighted by atomic mass is 9.91. The largest absolute Gasteiger partial charge is 0.357 e. The molecular formula is C17H22N2O4. The van der Waals surface area contributed by atoms with Gasteiger partial charge in [-0.15, -0.1) is 0 Å². The first-order valence-electron chi connectivity index (χ1n) is 8.43. The summed E-state index contributed by atoms with van der Waals surface area (Å²) in [6, 6.07) is 0. The topological polar surface area (TPSA) is 62.6 Å². The van der Waals surface area contributed by atoms with Crippen molar-refractivity contribution >= 4 is 11.9 Å². The highest BCUT2D eigenvalue weighted by atomic mass is 16.7. The number of rotatable bonds is 3. The average molecular weight is 318 g/mol. The van der Waals surface area contributed by atoms with Crippen molar-refractivity contribution in [2.75, 3.05) is 19.8 Å². The molecule has 1 spiro atoms. The molecule has 1 aromatic rings. The summed E-state index contributed by atoms with van der Waals surface area (Å²) in [6.45, 7) is 2.09. The second-order valence-corrected chi connectivity index (χ2v) is 6.39. The van der Waals surface area contributed by atoms with E-state index in [0.29, 0.717) is 25.2 Å². The van der Waals surface area contributed by atoms with Crippen molar-refractivity contribution in [1.82, 2.24) is 9.78 Å². The predicted molar refractivity (Wildman–Crippen MR) is 82.9 cm³/mol. The van der Waals surface area contributed by atoms with Crippen molar-refractivity contribution in [2.45, 2.75) is 50.5 Å². The molecule has 124 valence electrons. The minimum absolute atomic E-state index is 0.0479. The summed E-state index contributed by atoms with van der Waals surface area (Å²) in [4.78, 5) is 11.4. The number of ether oxygens (including phenoxy) is 3. The van der Waals surface area contributed by atoms with E-state index in [2.05, 4.69) is 11.2 Å². The van der Waals surface area contributed by atoms with E-state index in [1.54, 1.807) is 0 Å². The highest BCUT2D eigenvalue weighted by Crippen LogP contribution is 2.38. The van der Waals surface area contributed by atoms with Crippen LogP contribution in [-0.4, -0.2) is 41.7 Å². The van der Waals surface area contributed by atoms with Crippen LogP contribution in [0.5, 0.6) is 0 Å². The number of aldehydes is 1. The number of aromatic nitrogens is 2. The minimum Gasteiger partial charge on any atom is -0.357 e. The highest BCUT2D eigenvalue weighted by molar-refractivity contribution is 5.84. The Hall–Kier alpha value is -1.50. The van der Waals surface area contributed by atoms with Gasteiger partial charge in [0.15, 0.2) is 12.1 Å². The van der Waals surface area contributed by atoms with Crippen LogP contribution in [0.15, 0.2) is 12.3 Å². The third-order valence-electron chi connectivity index (χ3n) is 4.89. The van der Waals surface area contributed by atoms with E-state index in [0.717, 1.165) is 56.3 Å². The molecule has 3 aliphatic rings. The molecule has 0 N–H and O–H groups in total. The van der Waals surface area contributed by atoms with E-state index in [-0.39, 0.29) is 6.23 Å². The summed E-state index contributed by atoms with van der Waals surface area (Å²) in [5.41, 5.74) is 2.52. The fourth-order valence-corrected chi connectivity index (χ4v) is 3.60. The number of nitrogens with zero attached hydrogens (tertiary/aromatic N) is 2. The van der Waals surface area contributed by atoms with Gasteiger partial charge in [-0.1, -0.05) is 6.08 Å². The van der Waals surface area contributed by atoms with E-state index in [4.69, 9.17) is 14.2 Å². The summed E-state index contributed by atoms with van der Waals surface area (Å²) >= 11 is 0. The zero-order chi connectivity index (χ0) is 15.7. The molecule has 0 amide bonds. The zero-order valence-corrected chi connectivity index (χ0v) is 13.2.